The summed E-state index contributed by atoms with van der Waals surface area (Å²) in [6.07, 6.45) is 1.76. The largest absolute Gasteiger partial charge is 0.493 e. The number of nitrogens with two attached hydrogens (primary N) is 1. The Bertz CT molecular complexity index is 352. The van der Waals surface area contributed by atoms with Gasteiger partial charge in [-0.3, -0.25) is 0 Å². The van der Waals surface area contributed by atoms with Crippen LogP contribution in [0.4, 0.5) is 0 Å². The second-order valence-corrected chi connectivity index (χ2v) is 5.27. The van der Waals surface area contributed by atoms with E-state index in [1.54, 1.807) is 0 Å². The summed E-state index contributed by atoms with van der Waals surface area (Å²) in [5.74, 6) is 1.42. The fraction of sp³-hybridized carbons (Fsp3) is 0.571. The predicted molar refractivity (Wildman–Crippen MR) is 73.8 cm³/mol. The molecule has 2 nitrogen and oxygen atoms in total. The van der Waals surface area contributed by atoms with Crippen molar-refractivity contribution in [1.29, 1.82) is 0 Å². The van der Waals surface area contributed by atoms with Crippen LogP contribution in [0.5, 0.6) is 5.75 Å². The lowest BCUT2D eigenvalue weighted by Gasteiger charge is -2.15. The molecule has 0 aliphatic carbocycles. The molecule has 17 heavy (non-hydrogen) atoms. The molecule has 0 saturated heterocycles. The SMILES string of the molecule is CCC(N)Cc1cc(Cl)ccc1OCC(C)C. The van der Waals surface area contributed by atoms with Crippen molar-refractivity contribution >= 4 is 11.6 Å². The first-order valence-corrected chi connectivity index (χ1v) is 6.57. The van der Waals surface area contributed by atoms with Crippen LogP contribution in [0.25, 0.3) is 0 Å². The monoisotopic (exact) mass is 255 g/mol. The zero-order valence-corrected chi connectivity index (χ0v) is 11.6. The van der Waals surface area contributed by atoms with Gasteiger partial charge in [-0.25, -0.2) is 0 Å². The van der Waals surface area contributed by atoms with Gasteiger partial charge < -0.3 is 10.5 Å². The summed E-state index contributed by atoms with van der Waals surface area (Å²) in [4.78, 5) is 0. The number of rotatable bonds is 6. The molecule has 0 fully saturated rings. The molecule has 1 unspecified atom stereocenters. The van der Waals surface area contributed by atoms with Crippen molar-refractivity contribution < 1.29 is 4.74 Å². The highest BCUT2D eigenvalue weighted by Crippen LogP contribution is 2.24. The minimum absolute atomic E-state index is 0.162. The molecule has 96 valence electrons. The second kappa shape index (κ2) is 6.87. The van der Waals surface area contributed by atoms with Crippen molar-refractivity contribution in [3.63, 3.8) is 0 Å². The fourth-order valence-electron chi connectivity index (χ4n) is 1.53. The van der Waals surface area contributed by atoms with Crippen LogP contribution in [0, 0.1) is 5.92 Å². The van der Waals surface area contributed by atoms with E-state index in [4.69, 9.17) is 22.1 Å². The van der Waals surface area contributed by atoms with Crippen LogP contribution in [0.15, 0.2) is 18.2 Å². The normalized spacial score (nSPS) is 12.8. The number of hydrogen-bond acceptors (Lipinski definition) is 2. The van der Waals surface area contributed by atoms with Gasteiger partial charge in [-0.15, -0.1) is 0 Å². The molecule has 2 N–H and O–H groups in total. The minimum atomic E-state index is 0.162. The molecule has 0 aliphatic rings. The Morgan fingerprint density at radius 2 is 2.06 bits per heavy atom. The average molecular weight is 256 g/mol. The summed E-state index contributed by atoms with van der Waals surface area (Å²) in [7, 11) is 0. The lowest BCUT2D eigenvalue weighted by Crippen LogP contribution is -2.22. The molecule has 1 aromatic rings. The minimum Gasteiger partial charge on any atom is -0.493 e. The van der Waals surface area contributed by atoms with Crippen molar-refractivity contribution in [3.8, 4) is 5.75 Å². The molecule has 0 saturated carbocycles. The summed E-state index contributed by atoms with van der Waals surface area (Å²) in [5, 5.41) is 0.736. The predicted octanol–water partition coefficient (Wildman–Crippen LogP) is 3.65. The van der Waals surface area contributed by atoms with E-state index in [0.29, 0.717) is 5.92 Å². The molecule has 0 heterocycles. The molecule has 0 spiro atoms. The van der Waals surface area contributed by atoms with E-state index >= 15 is 0 Å². The van der Waals surface area contributed by atoms with Crippen LogP contribution in [0.3, 0.4) is 0 Å². The quantitative estimate of drug-likeness (QED) is 0.842. The molecule has 0 aliphatic heterocycles. The van der Waals surface area contributed by atoms with Crippen molar-refractivity contribution in [2.45, 2.75) is 39.7 Å². The van der Waals surface area contributed by atoms with Gasteiger partial charge in [0.15, 0.2) is 0 Å². The van der Waals surface area contributed by atoms with Crippen LogP contribution in [0.1, 0.15) is 32.8 Å². The topological polar surface area (TPSA) is 35.2 Å². The van der Waals surface area contributed by atoms with Gasteiger partial charge in [0, 0.05) is 11.1 Å². The van der Waals surface area contributed by atoms with Gasteiger partial charge in [0.1, 0.15) is 5.75 Å². The summed E-state index contributed by atoms with van der Waals surface area (Å²) >= 11 is 6.01. The van der Waals surface area contributed by atoms with E-state index in [1.165, 1.54) is 0 Å². The Morgan fingerprint density at radius 1 is 1.35 bits per heavy atom. The lowest BCUT2D eigenvalue weighted by atomic mass is 10.0. The number of halogens is 1. The molecule has 0 amide bonds. The third-order valence-corrected chi connectivity index (χ3v) is 2.84. The maximum absolute atomic E-state index is 6.01. The van der Waals surface area contributed by atoms with Gasteiger partial charge in [0.05, 0.1) is 6.61 Å². The molecule has 3 heteroatoms. The van der Waals surface area contributed by atoms with Gasteiger partial charge in [0.25, 0.3) is 0 Å². The smallest absolute Gasteiger partial charge is 0.122 e. The van der Waals surface area contributed by atoms with E-state index in [0.717, 1.165) is 35.8 Å². The molecule has 0 radical (unpaired) electrons. The Hall–Kier alpha value is -0.730. The highest BCUT2D eigenvalue weighted by molar-refractivity contribution is 6.30. The number of benzene rings is 1. The highest BCUT2D eigenvalue weighted by atomic mass is 35.5. The van der Waals surface area contributed by atoms with Gasteiger partial charge >= 0.3 is 0 Å². The Balaban J connectivity index is 2.79. The van der Waals surface area contributed by atoms with Gasteiger partial charge in [-0.05, 0) is 42.5 Å². The summed E-state index contributed by atoms with van der Waals surface area (Å²) < 4.78 is 5.78. The number of ether oxygens (including phenoxy) is 1. The maximum Gasteiger partial charge on any atom is 0.122 e. The van der Waals surface area contributed by atoms with Gasteiger partial charge in [-0.1, -0.05) is 32.4 Å². The van der Waals surface area contributed by atoms with Crippen molar-refractivity contribution in [3.05, 3.63) is 28.8 Å². The first-order valence-electron chi connectivity index (χ1n) is 6.19. The zero-order chi connectivity index (χ0) is 12.8. The third-order valence-electron chi connectivity index (χ3n) is 2.60. The zero-order valence-electron chi connectivity index (χ0n) is 10.9. The fourth-order valence-corrected chi connectivity index (χ4v) is 1.73. The lowest BCUT2D eigenvalue weighted by molar-refractivity contribution is 0.268. The molecule has 1 aromatic carbocycles. The second-order valence-electron chi connectivity index (χ2n) is 4.83. The first kappa shape index (κ1) is 14.3. The molecule has 1 atom stereocenters. The molecular weight excluding hydrogens is 234 g/mol. The third kappa shape index (κ3) is 4.97. The molecule has 0 aromatic heterocycles. The van der Waals surface area contributed by atoms with Crippen LogP contribution in [0.2, 0.25) is 5.02 Å². The van der Waals surface area contributed by atoms with Crippen molar-refractivity contribution in [2.75, 3.05) is 6.61 Å². The standard InChI is InChI=1S/C14H22ClNO/c1-4-13(16)8-11-7-12(15)5-6-14(11)17-9-10(2)3/h5-7,10,13H,4,8-9,16H2,1-3H3. The first-order chi connectivity index (χ1) is 8.02. The van der Waals surface area contributed by atoms with Crippen LogP contribution >= 0.6 is 11.6 Å². The van der Waals surface area contributed by atoms with Crippen LogP contribution < -0.4 is 10.5 Å². The average Bonchev–Trinajstić information content (AvgIpc) is 2.27. The van der Waals surface area contributed by atoms with E-state index in [-0.39, 0.29) is 6.04 Å². The van der Waals surface area contributed by atoms with E-state index < -0.39 is 0 Å². The van der Waals surface area contributed by atoms with E-state index in [1.807, 2.05) is 18.2 Å². The summed E-state index contributed by atoms with van der Waals surface area (Å²) in [6.45, 7) is 7.07. The van der Waals surface area contributed by atoms with Gasteiger partial charge in [-0.2, -0.15) is 0 Å². The van der Waals surface area contributed by atoms with E-state index in [2.05, 4.69) is 20.8 Å². The van der Waals surface area contributed by atoms with Gasteiger partial charge in [0.2, 0.25) is 0 Å². The Labute approximate surface area is 109 Å². The molecular formula is C14H22ClNO. The summed E-state index contributed by atoms with van der Waals surface area (Å²) in [5.41, 5.74) is 7.09. The van der Waals surface area contributed by atoms with Crippen LogP contribution in [-0.2, 0) is 6.42 Å². The van der Waals surface area contributed by atoms with Crippen molar-refractivity contribution in [2.24, 2.45) is 11.7 Å². The highest BCUT2D eigenvalue weighted by Gasteiger charge is 2.09. The van der Waals surface area contributed by atoms with E-state index in [9.17, 15) is 0 Å². The number of hydrogen-bond donors (Lipinski definition) is 1. The summed E-state index contributed by atoms with van der Waals surface area (Å²) in [6, 6.07) is 5.91. The van der Waals surface area contributed by atoms with Crippen molar-refractivity contribution in [1.82, 2.24) is 0 Å². The molecule has 0 bridgehead atoms. The molecule has 1 rings (SSSR count). The Morgan fingerprint density at radius 3 is 2.65 bits per heavy atom. The maximum atomic E-state index is 6.01. The Kier molecular flexibility index (Phi) is 5.79. The van der Waals surface area contributed by atoms with Crippen LogP contribution in [-0.4, -0.2) is 12.6 Å².